The van der Waals surface area contributed by atoms with E-state index in [2.05, 4.69) is 42.9 Å². The van der Waals surface area contributed by atoms with E-state index in [1.54, 1.807) is 0 Å². The molecule has 0 aliphatic heterocycles. The van der Waals surface area contributed by atoms with Gasteiger partial charge in [0.25, 0.3) is 0 Å². The second-order valence-electron chi connectivity index (χ2n) is 4.08. The Kier molecular flexibility index (Phi) is 2.43. The van der Waals surface area contributed by atoms with Crippen LogP contribution in [-0.2, 0) is 6.42 Å². The zero-order valence-electron chi connectivity index (χ0n) is 8.67. The van der Waals surface area contributed by atoms with Gasteiger partial charge in [-0.15, -0.1) is 5.73 Å². The molecule has 0 spiro atoms. The standard InChI is InChI=1S/C13H15N/c1-10(2)8-11-9-14-13-7-5-3-4-6-12(11)13/h3,5-7,9-10,14H,8H2,1-2H3. The normalized spacial score (nSPS) is 13.4. The summed E-state index contributed by atoms with van der Waals surface area (Å²) in [6.07, 6.45) is 11.3. The highest BCUT2D eigenvalue weighted by atomic mass is 14.7. The highest BCUT2D eigenvalue weighted by Crippen LogP contribution is 2.21. The summed E-state index contributed by atoms with van der Waals surface area (Å²) in [5.74, 6) is 0.694. The molecule has 0 aromatic carbocycles. The van der Waals surface area contributed by atoms with Gasteiger partial charge in [-0.05, 0) is 36.1 Å². The van der Waals surface area contributed by atoms with Gasteiger partial charge in [-0.2, -0.15) is 0 Å². The van der Waals surface area contributed by atoms with Crippen molar-refractivity contribution in [2.45, 2.75) is 20.3 Å². The second kappa shape index (κ2) is 3.73. The summed E-state index contributed by atoms with van der Waals surface area (Å²) in [4.78, 5) is 3.29. The van der Waals surface area contributed by atoms with Crippen LogP contribution in [0.2, 0.25) is 0 Å². The van der Waals surface area contributed by atoms with Crippen molar-refractivity contribution in [2.24, 2.45) is 5.92 Å². The zero-order chi connectivity index (χ0) is 9.97. The van der Waals surface area contributed by atoms with Crippen molar-refractivity contribution in [1.82, 2.24) is 4.98 Å². The van der Waals surface area contributed by atoms with Crippen LogP contribution in [0, 0.1) is 5.92 Å². The van der Waals surface area contributed by atoms with Crippen LogP contribution < -0.4 is 0 Å². The molecule has 1 heterocycles. The predicted octanol–water partition coefficient (Wildman–Crippen LogP) is 3.41. The molecule has 14 heavy (non-hydrogen) atoms. The summed E-state index contributed by atoms with van der Waals surface area (Å²) in [5, 5.41) is 0. The maximum Gasteiger partial charge on any atom is 0.0463 e. The maximum absolute atomic E-state index is 3.29. The number of fused-ring (bicyclic) bond motifs is 1. The average Bonchev–Trinajstić information content (AvgIpc) is 2.37. The molecule has 1 heteroatoms. The summed E-state index contributed by atoms with van der Waals surface area (Å²) < 4.78 is 0. The minimum absolute atomic E-state index is 0.694. The quantitative estimate of drug-likeness (QED) is 0.680. The molecule has 0 atom stereocenters. The molecule has 0 amide bonds. The highest BCUT2D eigenvalue weighted by molar-refractivity contribution is 5.68. The SMILES string of the molecule is CC(C)Cc1c[nH]c2c1C=C=CC=C2. The second-order valence-corrected chi connectivity index (χ2v) is 4.08. The van der Waals surface area contributed by atoms with E-state index in [1.165, 1.54) is 16.8 Å². The van der Waals surface area contributed by atoms with E-state index in [0.717, 1.165) is 6.42 Å². The monoisotopic (exact) mass is 185 g/mol. The molecule has 72 valence electrons. The molecule has 1 N–H and O–H groups in total. The lowest BCUT2D eigenvalue weighted by Gasteiger charge is -2.03. The van der Waals surface area contributed by atoms with Crippen LogP contribution in [0.1, 0.15) is 30.7 Å². The van der Waals surface area contributed by atoms with E-state index in [9.17, 15) is 0 Å². The fourth-order valence-electron chi connectivity index (χ4n) is 1.74. The Labute approximate surface area is 84.9 Å². The summed E-state index contributed by atoms with van der Waals surface area (Å²) in [6.45, 7) is 4.48. The molecule has 0 saturated carbocycles. The largest absolute Gasteiger partial charge is 0.361 e. The van der Waals surface area contributed by atoms with Gasteiger partial charge in [-0.1, -0.05) is 19.9 Å². The lowest BCUT2D eigenvalue weighted by Crippen LogP contribution is -1.93. The molecule has 0 bridgehead atoms. The number of aromatic amines is 1. The molecular formula is C13H15N. The molecule has 0 radical (unpaired) electrons. The van der Waals surface area contributed by atoms with E-state index in [1.807, 2.05) is 12.2 Å². The van der Waals surface area contributed by atoms with E-state index in [-0.39, 0.29) is 0 Å². The van der Waals surface area contributed by atoms with Crippen molar-refractivity contribution < 1.29 is 0 Å². The van der Waals surface area contributed by atoms with Gasteiger partial charge in [0.15, 0.2) is 0 Å². The highest BCUT2D eigenvalue weighted by Gasteiger charge is 2.08. The number of hydrogen-bond donors (Lipinski definition) is 1. The van der Waals surface area contributed by atoms with Crippen molar-refractivity contribution in [3.8, 4) is 0 Å². The van der Waals surface area contributed by atoms with Crippen molar-refractivity contribution in [3.63, 3.8) is 0 Å². The molecule has 1 nitrogen and oxygen atoms in total. The van der Waals surface area contributed by atoms with Crippen LogP contribution in [0.25, 0.3) is 12.2 Å². The van der Waals surface area contributed by atoms with Crippen LogP contribution >= 0.6 is 0 Å². The molecular weight excluding hydrogens is 170 g/mol. The fourth-order valence-corrected chi connectivity index (χ4v) is 1.74. The zero-order valence-corrected chi connectivity index (χ0v) is 8.67. The minimum atomic E-state index is 0.694. The Hall–Kier alpha value is -1.46. The summed E-state index contributed by atoms with van der Waals surface area (Å²) in [7, 11) is 0. The average molecular weight is 185 g/mol. The van der Waals surface area contributed by atoms with Gasteiger partial charge < -0.3 is 4.98 Å². The maximum atomic E-state index is 3.29. The Balaban J connectivity index is 2.40. The topological polar surface area (TPSA) is 15.8 Å². The number of H-pyrrole nitrogens is 1. The molecule has 1 aromatic heterocycles. The van der Waals surface area contributed by atoms with E-state index < -0.39 is 0 Å². The summed E-state index contributed by atoms with van der Waals surface area (Å²) >= 11 is 0. The first kappa shape index (κ1) is 9.11. The summed E-state index contributed by atoms with van der Waals surface area (Å²) in [5.41, 5.74) is 7.03. The van der Waals surface area contributed by atoms with Crippen molar-refractivity contribution in [1.29, 1.82) is 0 Å². The fraction of sp³-hybridized carbons (Fsp3) is 0.308. The Morgan fingerprint density at radius 1 is 1.43 bits per heavy atom. The molecule has 1 aliphatic carbocycles. The lowest BCUT2D eigenvalue weighted by atomic mass is 10.0. The molecule has 1 aromatic rings. The Morgan fingerprint density at radius 3 is 3.07 bits per heavy atom. The van der Waals surface area contributed by atoms with Gasteiger partial charge in [0.2, 0.25) is 0 Å². The number of allylic oxidation sites excluding steroid dienone is 2. The number of rotatable bonds is 2. The lowest BCUT2D eigenvalue weighted by molar-refractivity contribution is 0.647. The predicted molar refractivity (Wildman–Crippen MR) is 60.9 cm³/mol. The first-order valence-electron chi connectivity index (χ1n) is 5.07. The van der Waals surface area contributed by atoms with Gasteiger partial charge in [-0.3, -0.25) is 0 Å². The van der Waals surface area contributed by atoms with E-state index in [0.29, 0.717) is 5.92 Å². The van der Waals surface area contributed by atoms with Crippen molar-refractivity contribution in [2.75, 3.05) is 0 Å². The third kappa shape index (κ3) is 1.73. The Bertz CT molecular complexity index is 412. The van der Waals surface area contributed by atoms with Crippen LogP contribution in [0.5, 0.6) is 0 Å². The first-order valence-corrected chi connectivity index (χ1v) is 5.07. The van der Waals surface area contributed by atoms with Gasteiger partial charge in [0, 0.05) is 17.5 Å². The summed E-state index contributed by atoms with van der Waals surface area (Å²) in [6, 6.07) is 0. The first-order chi connectivity index (χ1) is 6.77. The van der Waals surface area contributed by atoms with Gasteiger partial charge in [-0.25, -0.2) is 0 Å². The number of aromatic nitrogens is 1. The third-order valence-electron chi connectivity index (χ3n) is 2.35. The molecule has 2 rings (SSSR count). The minimum Gasteiger partial charge on any atom is -0.361 e. The third-order valence-corrected chi connectivity index (χ3v) is 2.35. The van der Waals surface area contributed by atoms with Gasteiger partial charge in [0.1, 0.15) is 0 Å². The molecule has 0 fully saturated rings. The van der Waals surface area contributed by atoms with E-state index in [4.69, 9.17) is 0 Å². The van der Waals surface area contributed by atoms with Crippen molar-refractivity contribution in [3.05, 3.63) is 40.9 Å². The number of hydrogen-bond acceptors (Lipinski definition) is 0. The van der Waals surface area contributed by atoms with Crippen LogP contribution in [0.4, 0.5) is 0 Å². The van der Waals surface area contributed by atoms with Crippen LogP contribution in [0.15, 0.2) is 24.1 Å². The van der Waals surface area contributed by atoms with Crippen LogP contribution in [-0.4, -0.2) is 4.98 Å². The molecule has 1 aliphatic rings. The van der Waals surface area contributed by atoms with E-state index >= 15 is 0 Å². The van der Waals surface area contributed by atoms with Gasteiger partial charge >= 0.3 is 0 Å². The molecule has 0 unspecified atom stereocenters. The van der Waals surface area contributed by atoms with Crippen molar-refractivity contribution >= 4 is 12.2 Å². The van der Waals surface area contributed by atoms with Gasteiger partial charge in [0.05, 0.1) is 0 Å². The number of nitrogens with one attached hydrogen (secondary N) is 1. The Morgan fingerprint density at radius 2 is 2.29 bits per heavy atom. The molecule has 0 saturated heterocycles. The smallest absolute Gasteiger partial charge is 0.0463 e. The van der Waals surface area contributed by atoms with Crippen LogP contribution in [0.3, 0.4) is 0 Å².